The molecule has 0 radical (unpaired) electrons. The molecule has 1 aromatic rings. The number of ether oxygens (including phenoxy) is 2. The number of anilines is 2. The Morgan fingerprint density at radius 3 is 2.35 bits per heavy atom. The molecule has 2 N–H and O–H groups in total. The number of benzene rings is 1. The minimum Gasteiger partial charge on any atom is -0.493 e. The van der Waals surface area contributed by atoms with Crippen LogP contribution in [0.3, 0.4) is 0 Å². The van der Waals surface area contributed by atoms with E-state index in [1.165, 1.54) is 12.8 Å². The van der Waals surface area contributed by atoms with E-state index in [0.717, 1.165) is 29.6 Å². The lowest BCUT2D eigenvalue weighted by Crippen LogP contribution is -2.21. The summed E-state index contributed by atoms with van der Waals surface area (Å²) >= 11 is 0. The minimum atomic E-state index is 0.675. The van der Waals surface area contributed by atoms with Crippen molar-refractivity contribution in [1.29, 1.82) is 0 Å². The van der Waals surface area contributed by atoms with Crippen LogP contribution in [0.1, 0.15) is 12.8 Å². The molecule has 1 fully saturated rings. The van der Waals surface area contributed by atoms with Gasteiger partial charge in [0, 0.05) is 25.7 Å². The summed E-state index contributed by atoms with van der Waals surface area (Å²) in [6.45, 7) is 1.06. The molecule has 2 rings (SSSR count). The molecule has 0 unspecified atom stereocenters. The van der Waals surface area contributed by atoms with E-state index in [1.54, 1.807) is 14.2 Å². The molecule has 4 heteroatoms. The predicted octanol–water partition coefficient (Wildman–Crippen LogP) is 2.13. The summed E-state index contributed by atoms with van der Waals surface area (Å²) in [6, 6.07) is 3.76. The van der Waals surface area contributed by atoms with Crippen molar-refractivity contribution in [2.24, 2.45) is 5.92 Å². The van der Waals surface area contributed by atoms with Crippen molar-refractivity contribution in [1.82, 2.24) is 0 Å². The summed E-state index contributed by atoms with van der Waals surface area (Å²) in [4.78, 5) is 2.19. The molecule has 0 amide bonds. The molecule has 0 spiro atoms. The zero-order valence-electron chi connectivity index (χ0n) is 10.7. The van der Waals surface area contributed by atoms with E-state index < -0.39 is 0 Å². The molecule has 1 aliphatic rings. The fourth-order valence-electron chi connectivity index (χ4n) is 2.00. The van der Waals surface area contributed by atoms with Gasteiger partial charge in [-0.15, -0.1) is 0 Å². The number of hydrogen-bond donors (Lipinski definition) is 1. The summed E-state index contributed by atoms with van der Waals surface area (Å²) in [5.41, 5.74) is 7.78. The average molecular weight is 236 g/mol. The number of nitrogen functional groups attached to an aromatic ring is 1. The number of nitrogens with two attached hydrogens (primary N) is 1. The van der Waals surface area contributed by atoms with Gasteiger partial charge in [0.05, 0.1) is 25.6 Å². The highest BCUT2D eigenvalue weighted by Crippen LogP contribution is 2.38. The van der Waals surface area contributed by atoms with E-state index in [9.17, 15) is 0 Å². The molecule has 94 valence electrons. The van der Waals surface area contributed by atoms with Gasteiger partial charge in [-0.25, -0.2) is 0 Å². The lowest BCUT2D eigenvalue weighted by Gasteiger charge is -2.22. The third-order valence-electron chi connectivity index (χ3n) is 3.17. The van der Waals surface area contributed by atoms with Crippen molar-refractivity contribution in [3.05, 3.63) is 12.1 Å². The Labute approximate surface area is 102 Å². The fourth-order valence-corrected chi connectivity index (χ4v) is 2.00. The SMILES string of the molecule is COc1cc(N)c(N(C)CC2CC2)cc1OC. The molecule has 0 heterocycles. The van der Waals surface area contributed by atoms with Crippen molar-refractivity contribution in [2.45, 2.75) is 12.8 Å². The molecular formula is C13H20N2O2. The van der Waals surface area contributed by atoms with Gasteiger partial charge >= 0.3 is 0 Å². The van der Waals surface area contributed by atoms with Gasteiger partial charge in [-0.3, -0.25) is 0 Å². The fraction of sp³-hybridized carbons (Fsp3) is 0.538. The van der Waals surface area contributed by atoms with Gasteiger partial charge in [-0.1, -0.05) is 0 Å². The first-order valence-electron chi connectivity index (χ1n) is 5.88. The van der Waals surface area contributed by atoms with E-state index in [-0.39, 0.29) is 0 Å². The lowest BCUT2D eigenvalue weighted by atomic mass is 10.2. The summed E-state index contributed by atoms with van der Waals surface area (Å²) in [5.74, 6) is 2.22. The first-order valence-corrected chi connectivity index (χ1v) is 5.88. The molecule has 4 nitrogen and oxygen atoms in total. The van der Waals surface area contributed by atoms with Gasteiger partial charge in [-0.2, -0.15) is 0 Å². The first kappa shape index (κ1) is 11.9. The zero-order valence-corrected chi connectivity index (χ0v) is 10.7. The molecular weight excluding hydrogens is 216 g/mol. The molecule has 0 aliphatic heterocycles. The van der Waals surface area contributed by atoms with Crippen molar-refractivity contribution in [3.63, 3.8) is 0 Å². The van der Waals surface area contributed by atoms with Crippen LogP contribution >= 0.6 is 0 Å². The number of nitrogens with zero attached hydrogens (tertiary/aromatic N) is 1. The Hall–Kier alpha value is -1.58. The maximum Gasteiger partial charge on any atom is 0.162 e. The molecule has 0 bridgehead atoms. The smallest absolute Gasteiger partial charge is 0.162 e. The number of rotatable bonds is 5. The van der Waals surface area contributed by atoms with Gasteiger partial charge in [0.15, 0.2) is 11.5 Å². The maximum absolute atomic E-state index is 6.04. The van der Waals surface area contributed by atoms with Crippen molar-refractivity contribution in [3.8, 4) is 11.5 Å². The Kier molecular flexibility index (Phi) is 3.31. The highest BCUT2D eigenvalue weighted by Gasteiger charge is 2.24. The molecule has 1 aromatic carbocycles. The number of methoxy groups -OCH3 is 2. The second kappa shape index (κ2) is 4.73. The topological polar surface area (TPSA) is 47.7 Å². The molecule has 17 heavy (non-hydrogen) atoms. The van der Waals surface area contributed by atoms with Crippen LogP contribution in [0.25, 0.3) is 0 Å². The van der Waals surface area contributed by atoms with Crippen LogP contribution in [0.15, 0.2) is 12.1 Å². The van der Waals surface area contributed by atoms with Crippen molar-refractivity contribution in [2.75, 3.05) is 38.4 Å². The monoisotopic (exact) mass is 236 g/mol. The largest absolute Gasteiger partial charge is 0.493 e. The second-order valence-corrected chi connectivity index (χ2v) is 4.59. The Balaban J connectivity index is 2.25. The van der Waals surface area contributed by atoms with E-state index in [4.69, 9.17) is 15.2 Å². The molecule has 0 aromatic heterocycles. The highest BCUT2D eigenvalue weighted by molar-refractivity contribution is 5.73. The van der Waals surface area contributed by atoms with Gasteiger partial charge in [0.25, 0.3) is 0 Å². The summed E-state index contributed by atoms with van der Waals surface area (Å²) < 4.78 is 10.5. The maximum atomic E-state index is 6.04. The van der Waals surface area contributed by atoms with Crippen LogP contribution in [0.2, 0.25) is 0 Å². The van der Waals surface area contributed by atoms with E-state index >= 15 is 0 Å². The normalized spacial score (nSPS) is 14.5. The lowest BCUT2D eigenvalue weighted by molar-refractivity contribution is 0.355. The van der Waals surface area contributed by atoms with Crippen LogP contribution in [-0.4, -0.2) is 27.8 Å². The Bertz CT molecular complexity index is 403. The first-order chi connectivity index (χ1) is 8.15. The number of hydrogen-bond acceptors (Lipinski definition) is 4. The van der Waals surface area contributed by atoms with Crippen molar-refractivity contribution < 1.29 is 9.47 Å². The summed E-state index contributed by atoms with van der Waals surface area (Å²) in [6.07, 6.45) is 2.66. The second-order valence-electron chi connectivity index (χ2n) is 4.59. The van der Waals surface area contributed by atoms with Gasteiger partial charge in [0.2, 0.25) is 0 Å². The van der Waals surface area contributed by atoms with Crippen molar-refractivity contribution >= 4 is 11.4 Å². The van der Waals surface area contributed by atoms with E-state index in [0.29, 0.717) is 5.75 Å². The molecule has 1 aliphatic carbocycles. The Morgan fingerprint density at radius 1 is 1.24 bits per heavy atom. The highest BCUT2D eigenvalue weighted by atomic mass is 16.5. The van der Waals surface area contributed by atoms with Crippen LogP contribution < -0.4 is 20.1 Å². The van der Waals surface area contributed by atoms with Crippen LogP contribution in [0, 0.1) is 5.92 Å². The summed E-state index contributed by atoms with van der Waals surface area (Å²) in [7, 11) is 5.32. The van der Waals surface area contributed by atoms with E-state index in [2.05, 4.69) is 11.9 Å². The van der Waals surface area contributed by atoms with Gasteiger partial charge < -0.3 is 20.1 Å². The van der Waals surface area contributed by atoms with Crippen LogP contribution in [0.4, 0.5) is 11.4 Å². The summed E-state index contributed by atoms with van der Waals surface area (Å²) in [5, 5.41) is 0. The average Bonchev–Trinajstić information content (AvgIpc) is 3.12. The standard InChI is InChI=1S/C13H20N2O2/c1-15(8-9-4-5-9)11-7-13(17-3)12(16-2)6-10(11)14/h6-7,9H,4-5,8,14H2,1-3H3. The van der Waals surface area contributed by atoms with Crippen LogP contribution in [-0.2, 0) is 0 Å². The molecule has 0 saturated heterocycles. The van der Waals surface area contributed by atoms with Crippen LogP contribution in [0.5, 0.6) is 11.5 Å². The minimum absolute atomic E-state index is 0.675. The van der Waals surface area contributed by atoms with Gasteiger partial charge in [0.1, 0.15) is 0 Å². The quantitative estimate of drug-likeness (QED) is 0.796. The zero-order chi connectivity index (χ0) is 12.4. The third-order valence-corrected chi connectivity index (χ3v) is 3.17. The molecule has 1 saturated carbocycles. The third kappa shape index (κ3) is 2.57. The predicted molar refractivity (Wildman–Crippen MR) is 70.0 cm³/mol. The Morgan fingerprint density at radius 2 is 1.82 bits per heavy atom. The van der Waals surface area contributed by atoms with Gasteiger partial charge in [-0.05, 0) is 18.8 Å². The van der Waals surface area contributed by atoms with E-state index in [1.807, 2.05) is 12.1 Å². The molecule has 0 atom stereocenters.